The summed E-state index contributed by atoms with van der Waals surface area (Å²) >= 11 is 0. The van der Waals surface area contributed by atoms with Crippen LogP contribution in [0.2, 0.25) is 0 Å². The molecule has 2 rings (SSSR count). The lowest BCUT2D eigenvalue weighted by atomic mass is 9.91. The van der Waals surface area contributed by atoms with Gasteiger partial charge in [0.05, 0.1) is 5.69 Å². The molecule has 0 aliphatic carbocycles. The van der Waals surface area contributed by atoms with E-state index in [2.05, 4.69) is 35.7 Å². The van der Waals surface area contributed by atoms with Crippen LogP contribution in [0.15, 0.2) is 24.5 Å². The molecule has 2 heterocycles. The van der Waals surface area contributed by atoms with Crippen molar-refractivity contribution in [2.75, 3.05) is 0 Å². The Morgan fingerprint density at radius 3 is 2.73 bits per heavy atom. The molecule has 2 aromatic rings. The Morgan fingerprint density at radius 1 is 1.20 bits per heavy atom. The molecule has 0 aromatic carbocycles. The van der Waals surface area contributed by atoms with Crippen LogP contribution in [0, 0.1) is 5.41 Å². The number of nitrogens with zero attached hydrogens (tertiary/aromatic N) is 3. The van der Waals surface area contributed by atoms with Crippen molar-refractivity contribution in [3.8, 4) is 0 Å². The molecule has 0 aliphatic heterocycles. The molecular weight excluding hydrogens is 186 g/mol. The molecule has 2 aromatic heterocycles. The van der Waals surface area contributed by atoms with Gasteiger partial charge < -0.3 is 0 Å². The summed E-state index contributed by atoms with van der Waals surface area (Å²) in [7, 11) is 0. The standard InChI is InChI=1S/C12H15N3/c1-12(2,3)7-9-8-14-10-5-4-6-13-11(10)15-9/h4-6,8H,7H2,1-3H3. The molecule has 0 fully saturated rings. The SMILES string of the molecule is CC(C)(C)Cc1cnc2cccnc2n1. The van der Waals surface area contributed by atoms with Crippen molar-refractivity contribution >= 4 is 11.2 Å². The van der Waals surface area contributed by atoms with Gasteiger partial charge in [0, 0.05) is 12.4 Å². The summed E-state index contributed by atoms with van der Waals surface area (Å²) in [6.07, 6.45) is 4.51. The lowest BCUT2D eigenvalue weighted by Crippen LogP contribution is -2.11. The molecule has 0 unspecified atom stereocenters. The molecule has 0 N–H and O–H groups in total. The summed E-state index contributed by atoms with van der Waals surface area (Å²) in [5.74, 6) is 0. The Morgan fingerprint density at radius 2 is 2.00 bits per heavy atom. The fourth-order valence-electron chi connectivity index (χ4n) is 1.51. The van der Waals surface area contributed by atoms with Gasteiger partial charge in [0.1, 0.15) is 5.52 Å². The number of fused-ring (bicyclic) bond motifs is 1. The van der Waals surface area contributed by atoms with Crippen molar-refractivity contribution in [2.45, 2.75) is 27.2 Å². The summed E-state index contributed by atoms with van der Waals surface area (Å²) in [5.41, 5.74) is 2.83. The third-order valence-corrected chi connectivity index (χ3v) is 2.08. The number of hydrogen-bond donors (Lipinski definition) is 0. The molecule has 0 aliphatic rings. The summed E-state index contributed by atoms with van der Waals surface area (Å²) in [5, 5.41) is 0. The Balaban J connectivity index is 2.39. The Kier molecular flexibility index (Phi) is 2.39. The van der Waals surface area contributed by atoms with E-state index in [1.165, 1.54) is 0 Å². The summed E-state index contributed by atoms with van der Waals surface area (Å²) in [6, 6.07) is 3.80. The minimum atomic E-state index is 0.233. The van der Waals surface area contributed by atoms with Crippen LogP contribution in [0.5, 0.6) is 0 Å². The van der Waals surface area contributed by atoms with E-state index in [0.717, 1.165) is 23.3 Å². The van der Waals surface area contributed by atoms with Crippen LogP contribution in [0.4, 0.5) is 0 Å². The van der Waals surface area contributed by atoms with E-state index < -0.39 is 0 Å². The largest absolute Gasteiger partial charge is 0.251 e. The minimum Gasteiger partial charge on any atom is -0.251 e. The fourth-order valence-corrected chi connectivity index (χ4v) is 1.51. The highest BCUT2D eigenvalue weighted by Gasteiger charge is 2.12. The molecule has 78 valence electrons. The second-order valence-electron chi connectivity index (χ2n) is 4.94. The first kappa shape index (κ1) is 10.0. The van der Waals surface area contributed by atoms with Gasteiger partial charge in [0.2, 0.25) is 0 Å². The Labute approximate surface area is 89.6 Å². The van der Waals surface area contributed by atoms with Crippen molar-refractivity contribution in [3.63, 3.8) is 0 Å². The smallest absolute Gasteiger partial charge is 0.178 e. The van der Waals surface area contributed by atoms with Gasteiger partial charge in [-0.1, -0.05) is 20.8 Å². The zero-order valence-corrected chi connectivity index (χ0v) is 9.36. The minimum absolute atomic E-state index is 0.233. The molecule has 0 saturated carbocycles. The molecule has 0 radical (unpaired) electrons. The number of rotatable bonds is 1. The molecule has 0 atom stereocenters. The van der Waals surface area contributed by atoms with Crippen LogP contribution in [0.1, 0.15) is 26.5 Å². The third-order valence-electron chi connectivity index (χ3n) is 2.08. The Bertz CT molecular complexity index is 471. The van der Waals surface area contributed by atoms with E-state index in [4.69, 9.17) is 0 Å². The van der Waals surface area contributed by atoms with E-state index in [0.29, 0.717) is 0 Å². The summed E-state index contributed by atoms with van der Waals surface area (Å²) < 4.78 is 0. The highest BCUT2D eigenvalue weighted by Crippen LogP contribution is 2.19. The summed E-state index contributed by atoms with van der Waals surface area (Å²) in [6.45, 7) is 6.58. The van der Waals surface area contributed by atoms with E-state index in [9.17, 15) is 0 Å². The van der Waals surface area contributed by atoms with Gasteiger partial charge in [-0.2, -0.15) is 0 Å². The fraction of sp³-hybridized carbons (Fsp3) is 0.417. The molecule has 0 bridgehead atoms. The van der Waals surface area contributed by atoms with Crippen LogP contribution >= 0.6 is 0 Å². The van der Waals surface area contributed by atoms with Crippen molar-refractivity contribution in [1.82, 2.24) is 15.0 Å². The van der Waals surface area contributed by atoms with Crippen LogP contribution in [0.25, 0.3) is 11.2 Å². The number of aromatic nitrogens is 3. The predicted molar refractivity (Wildman–Crippen MR) is 60.5 cm³/mol. The molecule has 0 spiro atoms. The number of pyridine rings is 1. The van der Waals surface area contributed by atoms with Crippen molar-refractivity contribution in [1.29, 1.82) is 0 Å². The van der Waals surface area contributed by atoms with E-state index >= 15 is 0 Å². The maximum atomic E-state index is 4.49. The zero-order valence-electron chi connectivity index (χ0n) is 9.36. The van der Waals surface area contributed by atoms with Crippen LogP contribution < -0.4 is 0 Å². The van der Waals surface area contributed by atoms with Crippen molar-refractivity contribution in [2.24, 2.45) is 5.41 Å². The highest BCUT2D eigenvalue weighted by atomic mass is 14.9. The van der Waals surface area contributed by atoms with Gasteiger partial charge in [-0.3, -0.25) is 4.98 Å². The van der Waals surface area contributed by atoms with Gasteiger partial charge in [-0.25, -0.2) is 9.97 Å². The second-order valence-corrected chi connectivity index (χ2v) is 4.94. The molecule has 0 amide bonds. The normalized spacial score (nSPS) is 11.9. The van der Waals surface area contributed by atoms with E-state index in [-0.39, 0.29) is 5.41 Å². The first-order chi connectivity index (χ1) is 7.04. The average molecular weight is 201 g/mol. The molecule has 3 nitrogen and oxygen atoms in total. The van der Waals surface area contributed by atoms with Crippen LogP contribution in [0.3, 0.4) is 0 Å². The Hall–Kier alpha value is -1.51. The summed E-state index contributed by atoms with van der Waals surface area (Å²) in [4.78, 5) is 13.0. The first-order valence-corrected chi connectivity index (χ1v) is 5.11. The van der Waals surface area contributed by atoms with E-state index in [1.807, 2.05) is 18.3 Å². The maximum absolute atomic E-state index is 4.49. The first-order valence-electron chi connectivity index (χ1n) is 5.11. The van der Waals surface area contributed by atoms with Gasteiger partial charge in [0.25, 0.3) is 0 Å². The average Bonchev–Trinajstić information content (AvgIpc) is 2.15. The highest BCUT2D eigenvalue weighted by molar-refractivity contribution is 5.68. The monoisotopic (exact) mass is 201 g/mol. The van der Waals surface area contributed by atoms with Gasteiger partial charge in [-0.05, 0) is 24.0 Å². The number of hydrogen-bond acceptors (Lipinski definition) is 3. The molecule has 3 heteroatoms. The van der Waals surface area contributed by atoms with Crippen LogP contribution in [-0.4, -0.2) is 15.0 Å². The second kappa shape index (κ2) is 3.57. The zero-order chi connectivity index (χ0) is 10.9. The predicted octanol–water partition coefficient (Wildman–Crippen LogP) is 2.61. The maximum Gasteiger partial charge on any atom is 0.178 e. The third kappa shape index (κ3) is 2.49. The van der Waals surface area contributed by atoms with Gasteiger partial charge in [-0.15, -0.1) is 0 Å². The van der Waals surface area contributed by atoms with Crippen molar-refractivity contribution < 1.29 is 0 Å². The van der Waals surface area contributed by atoms with Gasteiger partial charge >= 0.3 is 0 Å². The van der Waals surface area contributed by atoms with Crippen LogP contribution in [-0.2, 0) is 6.42 Å². The van der Waals surface area contributed by atoms with Gasteiger partial charge in [0.15, 0.2) is 5.65 Å². The molecule has 0 saturated heterocycles. The molecular formula is C12H15N3. The van der Waals surface area contributed by atoms with E-state index in [1.54, 1.807) is 6.20 Å². The quantitative estimate of drug-likeness (QED) is 0.712. The lowest BCUT2D eigenvalue weighted by Gasteiger charge is -2.16. The lowest BCUT2D eigenvalue weighted by molar-refractivity contribution is 0.406. The van der Waals surface area contributed by atoms with Crippen molar-refractivity contribution in [3.05, 3.63) is 30.2 Å². The molecule has 15 heavy (non-hydrogen) atoms. The topological polar surface area (TPSA) is 38.7 Å².